The Morgan fingerprint density at radius 1 is 1.20 bits per heavy atom. The van der Waals surface area contributed by atoms with Gasteiger partial charge in [0.15, 0.2) is 0 Å². The van der Waals surface area contributed by atoms with Crippen molar-refractivity contribution in [2.45, 2.75) is 12.5 Å². The molecule has 2 aromatic carbocycles. The molecule has 1 aliphatic heterocycles. The minimum Gasteiger partial charge on any atom is -0.380 e. The summed E-state index contributed by atoms with van der Waals surface area (Å²) < 4.78 is 7.05. The first-order chi connectivity index (χ1) is 12.2. The van der Waals surface area contributed by atoms with E-state index < -0.39 is 0 Å². The molecule has 0 radical (unpaired) electrons. The molecular weight excluding hydrogens is 338 g/mol. The molecule has 1 unspecified atom stereocenters. The SMILES string of the molecule is COC1CCN(c2nc(=O)n(-c3ccccc3)c3cc(Cl)ccc23)C1. The Labute approximate surface area is 150 Å². The zero-order valence-electron chi connectivity index (χ0n) is 13.9. The van der Waals surface area contributed by atoms with Gasteiger partial charge in [-0.3, -0.25) is 4.57 Å². The molecule has 0 amide bonds. The lowest BCUT2D eigenvalue weighted by Gasteiger charge is -2.20. The van der Waals surface area contributed by atoms with E-state index in [9.17, 15) is 4.79 Å². The highest BCUT2D eigenvalue weighted by Crippen LogP contribution is 2.29. The molecule has 128 valence electrons. The third-order valence-corrected chi connectivity index (χ3v) is 4.86. The van der Waals surface area contributed by atoms with Gasteiger partial charge >= 0.3 is 5.69 Å². The molecule has 5 nitrogen and oxygen atoms in total. The molecule has 4 rings (SSSR count). The monoisotopic (exact) mass is 355 g/mol. The molecule has 3 aromatic rings. The van der Waals surface area contributed by atoms with Crippen LogP contribution < -0.4 is 10.6 Å². The van der Waals surface area contributed by atoms with Crippen LogP contribution in [0.3, 0.4) is 0 Å². The number of aromatic nitrogens is 2. The number of nitrogens with zero attached hydrogens (tertiary/aromatic N) is 3. The third-order valence-electron chi connectivity index (χ3n) is 4.63. The summed E-state index contributed by atoms with van der Waals surface area (Å²) in [5, 5.41) is 1.49. The van der Waals surface area contributed by atoms with E-state index in [1.165, 1.54) is 0 Å². The molecule has 25 heavy (non-hydrogen) atoms. The third kappa shape index (κ3) is 2.90. The largest absolute Gasteiger partial charge is 0.380 e. The van der Waals surface area contributed by atoms with Crippen LogP contribution in [-0.4, -0.2) is 35.9 Å². The van der Waals surface area contributed by atoms with Crippen LogP contribution in [-0.2, 0) is 4.74 Å². The molecule has 1 aromatic heterocycles. The summed E-state index contributed by atoms with van der Waals surface area (Å²) in [7, 11) is 1.72. The average Bonchev–Trinajstić information content (AvgIpc) is 3.10. The second-order valence-electron chi connectivity index (χ2n) is 6.14. The second-order valence-corrected chi connectivity index (χ2v) is 6.58. The Kier molecular flexibility index (Phi) is 4.19. The minimum absolute atomic E-state index is 0.167. The first kappa shape index (κ1) is 16.1. The van der Waals surface area contributed by atoms with Gasteiger partial charge in [0.1, 0.15) is 5.82 Å². The molecule has 1 saturated heterocycles. The Balaban J connectivity index is 1.95. The minimum atomic E-state index is -0.308. The average molecular weight is 356 g/mol. The van der Waals surface area contributed by atoms with Gasteiger partial charge in [-0.15, -0.1) is 0 Å². The summed E-state index contributed by atoms with van der Waals surface area (Å²) in [5.41, 5.74) is 1.22. The maximum Gasteiger partial charge on any atom is 0.354 e. The number of methoxy groups -OCH3 is 1. The van der Waals surface area contributed by atoms with E-state index >= 15 is 0 Å². The number of hydrogen-bond acceptors (Lipinski definition) is 4. The number of rotatable bonds is 3. The Morgan fingerprint density at radius 2 is 2.00 bits per heavy atom. The van der Waals surface area contributed by atoms with Crippen molar-refractivity contribution in [3.8, 4) is 5.69 Å². The van der Waals surface area contributed by atoms with Crippen LogP contribution in [0.4, 0.5) is 5.82 Å². The van der Waals surface area contributed by atoms with Crippen LogP contribution in [0, 0.1) is 0 Å². The molecule has 0 spiro atoms. The topological polar surface area (TPSA) is 47.4 Å². The van der Waals surface area contributed by atoms with Gasteiger partial charge in [-0.05, 0) is 36.8 Å². The molecule has 6 heteroatoms. The van der Waals surface area contributed by atoms with Gasteiger partial charge in [-0.2, -0.15) is 4.98 Å². The summed E-state index contributed by atoms with van der Waals surface area (Å²) in [5.74, 6) is 0.698. The fourth-order valence-corrected chi connectivity index (χ4v) is 3.53. The fraction of sp³-hybridized carbons (Fsp3) is 0.263. The van der Waals surface area contributed by atoms with Gasteiger partial charge < -0.3 is 9.64 Å². The molecule has 2 heterocycles. The van der Waals surface area contributed by atoms with Crippen LogP contribution in [0.5, 0.6) is 0 Å². The van der Waals surface area contributed by atoms with Gasteiger partial charge in [0.25, 0.3) is 0 Å². The van der Waals surface area contributed by atoms with E-state index in [2.05, 4.69) is 9.88 Å². The van der Waals surface area contributed by atoms with Crippen molar-refractivity contribution in [2.75, 3.05) is 25.1 Å². The number of benzene rings is 2. The van der Waals surface area contributed by atoms with Crippen molar-refractivity contribution in [1.29, 1.82) is 0 Å². The number of ether oxygens (including phenoxy) is 1. The summed E-state index contributed by atoms with van der Waals surface area (Å²) in [6.45, 7) is 1.55. The molecule has 0 N–H and O–H groups in total. The van der Waals surface area contributed by atoms with E-state index in [0.717, 1.165) is 36.1 Å². The highest BCUT2D eigenvalue weighted by Gasteiger charge is 2.26. The Morgan fingerprint density at radius 3 is 2.72 bits per heavy atom. The lowest BCUT2D eigenvalue weighted by molar-refractivity contribution is 0.121. The van der Waals surface area contributed by atoms with Crippen molar-refractivity contribution in [3.05, 3.63) is 64.0 Å². The molecule has 0 saturated carbocycles. The van der Waals surface area contributed by atoms with Crippen molar-refractivity contribution >= 4 is 28.3 Å². The van der Waals surface area contributed by atoms with Crippen LogP contribution >= 0.6 is 11.6 Å². The summed E-state index contributed by atoms with van der Waals surface area (Å²) in [6, 6.07) is 15.1. The smallest absolute Gasteiger partial charge is 0.354 e. The highest BCUT2D eigenvalue weighted by atomic mass is 35.5. The zero-order chi connectivity index (χ0) is 17.4. The number of anilines is 1. The van der Waals surface area contributed by atoms with Gasteiger partial charge in [0.2, 0.25) is 0 Å². The number of halogens is 1. The Hall–Kier alpha value is -2.37. The molecular formula is C19H18ClN3O2. The maximum atomic E-state index is 12.8. The standard InChI is InChI=1S/C19H18ClN3O2/c1-25-15-9-10-22(12-15)18-16-8-7-13(20)11-17(16)23(19(24)21-18)14-5-3-2-4-6-14/h2-8,11,15H,9-10,12H2,1H3. The summed E-state index contributed by atoms with van der Waals surface area (Å²) in [4.78, 5) is 19.3. The van der Waals surface area contributed by atoms with E-state index in [-0.39, 0.29) is 11.8 Å². The van der Waals surface area contributed by atoms with Gasteiger partial charge in [0, 0.05) is 30.6 Å². The zero-order valence-corrected chi connectivity index (χ0v) is 14.6. The lowest BCUT2D eigenvalue weighted by Crippen LogP contribution is -2.29. The fourth-order valence-electron chi connectivity index (χ4n) is 3.36. The van der Waals surface area contributed by atoms with Crippen molar-refractivity contribution < 1.29 is 4.74 Å². The molecule has 1 fully saturated rings. The molecule has 1 aliphatic rings. The first-order valence-corrected chi connectivity index (χ1v) is 8.60. The normalized spacial score (nSPS) is 17.4. The Bertz CT molecular complexity index is 972. The maximum absolute atomic E-state index is 12.8. The van der Waals surface area contributed by atoms with Crippen LogP contribution in [0.2, 0.25) is 5.02 Å². The lowest BCUT2D eigenvalue weighted by atomic mass is 10.2. The number of hydrogen-bond donors (Lipinski definition) is 0. The van der Waals surface area contributed by atoms with Gasteiger partial charge in [-0.25, -0.2) is 4.79 Å². The van der Waals surface area contributed by atoms with E-state index in [0.29, 0.717) is 10.8 Å². The molecule has 1 atom stereocenters. The highest BCUT2D eigenvalue weighted by molar-refractivity contribution is 6.31. The predicted molar refractivity (Wildman–Crippen MR) is 100.0 cm³/mol. The van der Waals surface area contributed by atoms with Crippen molar-refractivity contribution in [2.24, 2.45) is 0 Å². The molecule has 0 aliphatic carbocycles. The quantitative estimate of drug-likeness (QED) is 0.723. The first-order valence-electron chi connectivity index (χ1n) is 8.23. The van der Waals surface area contributed by atoms with Crippen LogP contribution in [0.25, 0.3) is 16.6 Å². The summed E-state index contributed by atoms with van der Waals surface area (Å²) >= 11 is 6.22. The number of fused-ring (bicyclic) bond motifs is 1. The van der Waals surface area contributed by atoms with E-state index in [1.807, 2.05) is 48.5 Å². The summed E-state index contributed by atoms with van der Waals surface area (Å²) in [6.07, 6.45) is 1.09. The van der Waals surface area contributed by atoms with Crippen molar-refractivity contribution in [3.63, 3.8) is 0 Å². The van der Waals surface area contributed by atoms with Crippen LogP contribution in [0.1, 0.15) is 6.42 Å². The van der Waals surface area contributed by atoms with Gasteiger partial charge in [0.05, 0.1) is 17.3 Å². The van der Waals surface area contributed by atoms with E-state index in [1.54, 1.807) is 11.7 Å². The van der Waals surface area contributed by atoms with Crippen LogP contribution in [0.15, 0.2) is 53.3 Å². The van der Waals surface area contributed by atoms with Gasteiger partial charge in [-0.1, -0.05) is 29.8 Å². The van der Waals surface area contributed by atoms with E-state index in [4.69, 9.17) is 16.3 Å². The number of para-hydroxylation sites is 1. The molecule has 0 bridgehead atoms. The predicted octanol–water partition coefficient (Wildman–Crippen LogP) is 3.26. The van der Waals surface area contributed by atoms with Crippen molar-refractivity contribution in [1.82, 2.24) is 9.55 Å². The second kappa shape index (κ2) is 6.50.